The molecule has 0 saturated carbocycles. The molecule has 1 heterocycles. The maximum absolute atomic E-state index is 9.12. The third kappa shape index (κ3) is 2.96. The van der Waals surface area contributed by atoms with Crippen molar-refractivity contribution in [3.63, 3.8) is 0 Å². The van der Waals surface area contributed by atoms with Gasteiger partial charge in [0.15, 0.2) is 0 Å². The molecule has 86 valence electrons. The van der Waals surface area contributed by atoms with Crippen LogP contribution >= 0.6 is 11.8 Å². The Bertz CT molecular complexity index is 409. The molecule has 1 unspecified atom stereocenters. The Labute approximate surface area is 101 Å². The van der Waals surface area contributed by atoms with Crippen molar-refractivity contribution in [1.29, 1.82) is 5.26 Å². The van der Waals surface area contributed by atoms with Crippen molar-refractivity contribution >= 4 is 11.8 Å². The van der Waals surface area contributed by atoms with Crippen LogP contribution in [0.2, 0.25) is 0 Å². The maximum atomic E-state index is 9.12. The average molecular weight is 235 g/mol. The largest absolute Gasteiger partial charge is 0.192 e. The van der Waals surface area contributed by atoms with Gasteiger partial charge in [0.2, 0.25) is 0 Å². The second kappa shape index (κ2) is 5.86. The monoisotopic (exact) mass is 235 g/mol. The van der Waals surface area contributed by atoms with E-state index in [2.05, 4.69) is 30.1 Å². The van der Waals surface area contributed by atoms with Crippen molar-refractivity contribution in [2.45, 2.75) is 39.1 Å². The van der Waals surface area contributed by atoms with Gasteiger partial charge in [-0.1, -0.05) is 20.3 Å². The van der Waals surface area contributed by atoms with Gasteiger partial charge >= 0.3 is 0 Å². The molecule has 0 saturated heterocycles. The standard InChI is InChI=1S/C12H17N3S/c1-5-8(2)7-16-12-11(6-13)9(3)10(4)14-15-12/h8H,5,7H2,1-4H3. The van der Waals surface area contributed by atoms with Gasteiger partial charge in [0, 0.05) is 5.75 Å². The Hall–Kier alpha value is -1.08. The molecule has 16 heavy (non-hydrogen) atoms. The molecule has 1 atom stereocenters. The number of aromatic nitrogens is 2. The summed E-state index contributed by atoms with van der Waals surface area (Å²) in [4.78, 5) is 0. The van der Waals surface area contributed by atoms with Crippen molar-refractivity contribution in [1.82, 2.24) is 10.2 Å². The highest BCUT2D eigenvalue weighted by Gasteiger charge is 2.12. The van der Waals surface area contributed by atoms with Gasteiger partial charge in [-0.2, -0.15) is 10.4 Å². The smallest absolute Gasteiger partial charge is 0.137 e. The molecule has 0 radical (unpaired) electrons. The first-order valence-electron chi connectivity index (χ1n) is 5.46. The first-order valence-corrected chi connectivity index (χ1v) is 6.45. The number of hydrogen-bond acceptors (Lipinski definition) is 4. The fourth-order valence-corrected chi connectivity index (χ4v) is 2.28. The van der Waals surface area contributed by atoms with Crippen LogP contribution in [0.25, 0.3) is 0 Å². The van der Waals surface area contributed by atoms with Crippen LogP contribution in [0.3, 0.4) is 0 Å². The molecule has 1 aromatic heterocycles. The number of hydrogen-bond donors (Lipinski definition) is 0. The van der Waals surface area contributed by atoms with Gasteiger partial charge in [-0.25, -0.2) is 0 Å². The normalized spacial score (nSPS) is 12.2. The fraction of sp³-hybridized carbons (Fsp3) is 0.583. The predicted molar refractivity (Wildman–Crippen MR) is 66.4 cm³/mol. The van der Waals surface area contributed by atoms with Gasteiger partial charge in [0.05, 0.1) is 11.3 Å². The summed E-state index contributed by atoms with van der Waals surface area (Å²) in [5.74, 6) is 1.63. The first-order chi connectivity index (χ1) is 7.60. The van der Waals surface area contributed by atoms with E-state index in [4.69, 9.17) is 5.26 Å². The number of nitrogens with zero attached hydrogens (tertiary/aromatic N) is 3. The summed E-state index contributed by atoms with van der Waals surface area (Å²) in [5.41, 5.74) is 2.47. The van der Waals surface area contributed by atoms with E-state index < -0.39 is 0 Å². The van der Waals surface area contributed by atoms with Crippen LogP contribution in [-0.2, 0) is 0 Å². The number of aryl methyl sites for hydroxylation is 1. The summed E-state index contributed by atoms with van der Waals surface area (Å²) in [7, 11) is 0. The Balaban J connectivity index is 2.89. The van der Waals surface area contributed by atoms with Crippen LogP contribution in [0.15, 0.2) is 5.03 Å². The van der Waals surface area contributed by atoms with Gasteiger partial charge < -0.3 is 0 Å². The Kier molecular flexibility index (Phi) is 4.75. The fourth-order valence-electron chi connectivity index (χ4n) is 1.16. The third-order valence-electron chi connectivity index (χ3n) is 2.74. The third-order valence-corrected chi connectivity index (χ3v) is 4.03. The minimum Gasteiger partial charge on any atom is -0.192 e. The molecule has 0 aromatic carbocycles. The molecule has 0 aliphatic rings. The van der Waals surface area contributed by atoms with Crippen LogP contribution < -0.4 is 0 Å². The number of thioether (sulfide) groups is 1. The summed E-state index contributed by atoms with van der Waals surface area (Å²) in [5, 5.41) is 18.1. The van der Waals surface area contributed by atoms with E-state index >= 15 is 0 Å². The topological polar surface area (TPSA) is 49.6 Å². The Morgan fingerprint density at radius 1 is 1.38 bits per heavy atom. The molecule has 0 aliphatic heterocycles. The van der Waals surface area contributed by atoms with E-state index in [-0.39, 0.29) is 0 Å². The quantitative estimate of drug-likeness (QED) is 0.752. The lowest BCUT2D eigenvalue weighted by Gasteiger charge is -2.09. The maximum Gasteiger partial charge on any atom is 0.137 e. The second-order valence-corrected chi connectivity index (χ2v) is 5.04. The van der Waals surface area contributed by atoms with Crippen molar-refractivity contribution in [3.05, 3.63) is 16.8 Å². The molecule has 0 aliphatic carbocycles. The van der Waals surface area contributed by atoms with Crippen LogP contribution in [0.4, 0.5) is 0 Å². The van der Waals surface area contributed by atoms with Crippen LogP contribution in [0, 0.1) is 31.1 Å². The zero-order valence-electron chi connectivity index (χ0n) is 10.2. The molecular formula is C12H17N3S. The number of nitriles is 1. The van der Waals surface area contributed by atoms with E-state index in [1.54, 1.807) is 11.8 Å². The highest BCUT2D eigenvalue weighted by molar-refractivity contribution is 7.99. The van der Waals surface area contributed by atoms with Crippen LogP contribution in [0.5, 0.6) is 0 Å². The van der Waals surface area contributed by atoms with E-state index in [9.17, 15) is 0 Å². The molecule has 3 nitrogen and oxygen atoms in total. The lowest BCUT2D eigenvalue weighted by atomic mass is 10.1. The van der Waals surface area contributed by atoms with Crippen molar-refractivity contribution in [2.75, 3.05) is 5.75 Å². The minimum absolute atomic E-state index is 0.639. The lowest BCUT2D eigenvalue weighted by Crippen LogP contribution is -2.02. The zero-order chi connectivity index (χ0) is 12.1. The molecule has 0 fully saturated rings. The molecule has 4 heteroatoms. The molecule has 0 amide bonds. The van der Waals surface area contributed by atoms with Gasteiger partial charge in [-0.3, -0.25) is 0 Å². The van der Waals surface area contributed by atoms with E-state index in [0.717, 1.165) is 28.5 Å². The van der Waals surface area contributed by atoms with Crippen LogP contribution in [0.1, 0.15) is 37.1 Å². The first kappa shape index (κ1) is 13.0. The van der Waals surface area contributed by atoms with Crippen LogP contribution in [-0.4, -0.2) is 16.0 Å². The van der Waals surface area contributed by atoms with E-state index in [0.29, 0.717) is 11.5 Å². The molecule has 0 N–H and O–H groups in total. The second-order valence-electron chi connectivity index (χ2n) is 4.03. The lowest BCUT2D eigenvalue weighted by molar-refractivity contribution is 0.636. The highest BCUT2D eigenvalue weighted by atomic mass is 32.2. The predicted octanol–water partition coefficient (Wildman–Crippen LogP) is 3.10. The van der Waals surface area contributed by atoms with Crippen molar-refractivity contribution in [2.24, 2.45) is 5.92 Å². The zero-order valence-corrected chi connectivity index (χ0v) is 11.1. The van der Waals surface area contributed by atoms with Gasteiger partial charge in [0.1, 0.15) is 11.1 Å². The van der Waals surface area contributed by atoms with E-state index in [1.165, 1.54) is 0 Å². The Morgan fingerprint density at radius 3 is 2.62 bits per heavy atom. The number of rotatable bonds is 4. The molecule has 1 rings (SSSR count). The summed E-state index contributed by atoms with van der Waals surface area (Å²) >= 11 is 1.63. The van der Waals surface area contributed by atoms with Gasteiger partial charge in [-0.05, 0) is 25.3 Å². The van der Waals surface area contributed by atoms with Crippen molar-refractivity contribution in [3.8, 4) is 6.07 Å². The summed E-state index contributed by atoms with van der Waals surface area (Å²) in [6.07, 6.45) is 1.15. The molecule has 0 bridgehead atoms. The molecular weight excluding hydrogens is 218 g/mol. The average Bonchev–Trinajstić information content (AvgIpc) is 2.30. The van der Waals surface area contributed by atoms with Gasteiger partial charge in [-0.15, -0.1) is 16.9 Å². The van der Waals surface area contributed by atoms with Gasteiger partial charge in [0.25, 0.3) is 0 Å². The van der Waals surface area contributed by atoms with Crippen molar-refractivity contribution < 1.29 is 0 Å². The van der Waals surface area contributed by atoms with E-state index in [1.807, 2.05) is 13.8 Å². The SMILES string of the molecule is CCC(C)CSc1nnc(C)c(C)c1C#N. The molecule has 0 spiro atoms. The minimum atomic E-state index is 0.639. The summed E-state index contributed by atoms with van der Waals surface area (Å²) < 4.78 is 0. The highest BCUT2D eigenvalue weighted by Crippen LogP contribution is 2.25. The summed E-state index contributed by atoms with van der Waals surface area (Å²) in [6.45, 7) is 8.18. The summed E-state index contributed by atoms with van der Waals surface area (Å²) in [6, 6.07) is 2.22. The molecule has 1 aromatic rings. The Morgan fingerprint density at radius 2 is 2.06 bits per heavy atom.